The van der Waals surface area contributed by atoms with Gasteiger partial charge in [0.25, 0.3) is 0 Å². The first-order valence-electron chi connectivity index (χ1n) is 7.55. The van der Waals surface area contributed by atoms with Crippen LogP contribution in [-0.4, -0.2) is 46.3 Å². The number of aryl methyl sites for hydroxylation is 1. The van der Waals surface area contributed by atoms with Crippen LogP contribution in [0.3, 0.4) is 0 Å². The number of para-hydroxylation sites is 1. The zero-order valence-electron chi connectivity index (χ0n) is 13.2. The molecule has 6 heteroatoms. The number of carbonyl (C=O) groups is 1. The van der Waals surface area contributed by atoms with Crippen molar-refractivity contribution in [2.24, 2.45) is 0 Å². The average Bonchev–Trinajstić information content (AvgIpc) is 2.55. The Hall–Kier alpha value is -2.63. The van der Waals surface area contributed by atoms with E-state index < -0.39 is 6.09 Å². The van der Waals surface area contributed by atoms with Crippen molar-refractivity contribution < 1.29 is 14.6 Å². The highest BCUT2D eigenvalue weighted by molar-refractivity contribution is 5.72. The standard InChI is InChI=1S/C17H19N3O3/c1-11-18-8-13(9-19-11)15-5-3-4-14-12(6-7-23-16(14)15)10-20(2)17(21)22/h3-5,8-9,12H,6-7,10H2,1-2H3,(H,21,22)/t12-/m0/s1. The molecular formula is C17H19N3O3. The third kappa shape index (κ3) is 3.11. The summed E-state index contributed by atoms with van der Waals surface area (Å²) in [6.45, 7) is 2.88. The van der Waals surface area contributed by atoms with E-state index in [2.05, 4.69) is 9.97 Å². The van der Waals surface area contributed by atoms with Crippen molar-refractivity contribution in [3.63, 3.8) is 0 Å². The fourth-order valence-corrected chi connectivity index (χ4v) is 2.85. The summed E-state index contributed by atoms with van der Waals surface area (Å²) in [5.41, 5.74) is 2.90. The molecule has 0 saturated carbocycles. The minimum atomic E-state index is -0.916. The van der Waals surface area contributed by atoms with Crippen LogP contribution in [0.15, 0.2) is 30.6 Å². The molecule has 0 radical (unpaired) electrons. The number of likely N-dealkylation sites (N-methyl/N-ethyl adjacent to an activating group) is 1. The maximum absolute atomic E-state index is 11.1. The third-order valence-corrected chi connectivity index (χ3v) is 4.11. The molecular weight excluding hydrogens is 294 g/mol. The predicted octanol–water partition coefficient (Wildman–Crippen LogP) is 2.93. The van der Waals surface area contributed by atoms with Crippen LogP contribution in [-0.2, 0) is 0 Å². The number of hydrogen-bond donors (Lipinski definition) is 1. The van der Waals surface area contributed by atoms with Crippen molar-refractivity contribution in [2.75, 3.05) is 20.2 Å². The highest BCUT2D eigenvalue weighted by atomic mass is 16.5. The van der Waals surface area contributed by atoms with E-state index in [4.69, 9.17) is 9.84 Å². The molecule has 1 N–H and O–H groups in total. The summed E-state index contributed by atoms with van der Waals surface area (Å²) in [7, 11) is 1.59. The van der Waals surface area contributed by atoms with E-state index in [0.29, 0.717) is 13.2 Å². The quantitative estimate of drug-likeness (QED) is 0.943. The molecule has 1 atom stereocenters. The van der Waals surface area contributed by atoms with Gasteiger partial charge in [0.1, 0.15) is 11.6 Å². The Labute approximate surface area is 134 Å². The Kier molecular flexibility index (Phi) is 4.14. The maximum Gasteiger partial charge on any atom is 0.407 e. The second-order valence-electron chi connectivity index (χ2n) is 5.74. The first kappa shape index (κ1) is 15.3. The molecule has 1 aliphatic rings. The summed E-state index contributed by atoms with van der Waals surface area (Å²) in [5, 5.41) is 9.10. The number of carboxylic acid groups (broad SMARTS) is 1. The van der Waals surface area contributed by atoms with Crippen LogP contribution in [0, 0.1) is 6.92 Å². The van der Waals surface area contributed by atoms with Crippen molar-refractivity contribution in [2.45, 2.75) is 19.3 Å². The second kappa shape index (κ2) is 6.24. The molecule has 2 heterocycles. The van der Waals surface area contributed by atoms with Gasteiger partial charge in [0.05, 0.1) is 6.61 Å². The van der Waals surface area contributed by atoms with E-state index >= 15 is 0 Å². The Morgan fingerprint density at radius 3 is 2.83 bits per heavy atom. The Morgan fingerprint density at radius 1 is 1.39 bits per heavy atom. The largest absolute Gasteiger partial charge is 0.493 e. The maximum atomic E-state index is 11.1. The fourth-order valence-electron chi connectivity index (χ4n) is 2.85. The van der Waals surface area contributed by atoms with Gasteiger partial charge < -0.3 is 14.7 Å². The lowest BCUT2D eigenvalue weighted by Crippen LogP contribution is -2.31. The highest BCUT2D eigenvalue weighted by Gasteiger charge is 2.26. The lowest BCUT2D eigenvalue weighted by atomic mass is 9.90. The van der Waals surface area contributed by atoms with E-state index in [9.17, 15) is 4.79 Å². The molecule has 2 aromatic rings. The fraction of sp³-hybridized carbons (Fsp3) is 0.353. The number of rotatable bonds is 3. The molecule has 3 rings (SSSR count). The molecule has 1 aromatic heterocycles. The number of amides is 1. The van der Waals surface area contributed by atoms with Crippen LogP contribution < -0.4 is 4.74 Å². The topological polar surface area (TPSA) is 75.5 Å². The van der Waals surface area contributed by atoms with Crippen LogP contribution in [0.25, 0.3) is 11.1 Å². The monoisotopic (exact) mass is 313 g/mol. The summed E-state index contributed by atoms with van der Waals surface area (Å²) in [4.78, 5) is 20.9. The van der Waals surface area contributed by atoms with Crippen molar-refractivity contribution in [3.05, 3.63) is 42.0 Å². The summed E-state index contributed by atoms with van der Waals surface area (Å²) in [5.74, 6) is 1.67. The molecule has 0 unspecified atom stereocenters. The van der Waals surface area contributed by atoms with Gasteiger partial charge in [-0.05, 0) is 18.9 Å². The third-order valence-electron chi connectivity index (χ3n) is 4.11. The Balaban J connectivity index is 1.97. The van der Waals surface area contributed by atoms with Crippen LogP contribution in [0.4, 0.5) is 4.79 Å². The molecule has 0 bridgehead atoms. The minimum absolute atomic E-state index is 0.131. The van der Waals surface area contributed by atoms with Gasteiger partial charge in [0.15, 0.2) is 0 Å². The van der Waals surface area contributed by atoms with Gasteiger partial charge in [-0.2, -0.15) is 0 Å². The number of ether oxygens (including phenoxy) is 1. The molecule has 23 heavy (non-hydrogen) atoms. The summed E-state index contributed by atoms with van der Waals surface area (Å²) >= 11 is 0. The van der Waals surface area contributed by atoms with Crippen LogP contribution in [0.5, 0.6) is 5.75 Å². The molecule has 6 nitrogen and oxygen atoms in total. The van der Waals surface area contributed by atoms with Crippen LogP contribution >= 0.6 is 0 Å². The van der Waals surface area contributed by atoms with Crippen LogP contribution in [0.2, 0.25) is 0 Å². The van der Waals surface area contributed by atoms with Crippen molar-refractivity contribution in [3.8, 4) is 16.9 Å². The van der Waals surface area contributed by atoms with Gasteiger partial charge in [-0.15, -0.1) is 0 Å². The SMILES string of the molecule is Cc1ncc(-c2cccc3c2OCC[C@H]3CN(C)C(=O)O)cn1. The van der Waals surface area contributed by atoms with Gasteiger partial charge in [-0.1, -0.05) is 18.2 Å². The van der Waals surface area contributed by atoms with E-state index in [1.165, 1.54) is 4.90 Å². The summed E-state index contributed by atoms with van der Waals surface area (Å²) in [6.07, 6.45) is 3.46. The average molecular weight is 313 g/mol. The molecule has 1 amide bonds. The molecule has 0 saturated heterocycles. The van der Waals surface area contributed by atoms with Gasteiger partial charge >= 0.3 is 6.09 Å². The number of nitrogens with zero attached hydrogens (tertiary/aromatic N) is 3. The molecule has 1 aliphatic heterocycles. The van der Waals surface area contributed by atoms with Gasteiger partial charge in [-0.3, -0.25) is 0 Å². The number of aromatic nitrogens is 2. The zero-order chi connectivity index (χ0) is 16.4. The van der Waals surface area contributed by atoms with Crippen LogP contribution in [0.1, 0.15) is 23.7 Å². The van der Waals surface area contributed by atoms with E-state index in [-0.39, 0.29) is 5.92 Å². The minimum Gasteiger partial charge on any atom is -0.493 e. The highest BCUT2D eigenvalue weighted by Crippen LogP contribution is 2.40. The normalized spacial score (nSPS) is 16.3. The van der Waals surface area contributed by atoms with Gasteiger partial charge in [0.2, 0.25) is 0 Å². The first-order valence-corrected chi connectivity index (χ1v) is 7.55. The van der Waals surface area contributed by atoms with E-state index in [1.54, 1.807) is 19.4 Å². The molecule has 1 aromatic carbocycles. The van der Waals surface area contributed by atoms with Crippen molar-refractivity contribution in [1.82, 2.24) is 14.9 Å². The molecule has 0 spiro atoms. The molecule has 0 aliphatic carbocycles. The van der Waals surface area contributed by atoms with E-state index in [1.807, 2.05) is 25.1 Å². The summed E-state index contributed by atoms with van der Waals surface area (Å²) in [6, 6.07) is 5.96. The zero-order valence-corrected chi connectivity index (χ0v) is 13.2. The molecule has 0 fully saturated rings. The molecule has 120 valence electrons. The lowest BCUT2D eigenvalue weighted by molar-refractivity contribution is 0.149. The lowest BCUT2D eigenvalue weighted by Gasteiger charge is -2.29. The number of hydrogen-bond acceptors (Lipinski definition) is 4. The van der Waals surface area contributed by atoms with Crippen molar-refractivity contribution >= 4 is 6.09 Å². The number of benzene rings is 1. The second-order valence-corrected chi connectivity index (χ2v) is 5.74. The van der Waals surface area contributed by atoms with Gasteiger partial charge in [-0.25, -0.2) is 14.8 Å². The Morgan fingerprint density at radius 2 is 2.13 bits per heavy atom. The first-order chi connectivity index (χ1) is 11.1. The van der Waals surface area contributed by atoms with E-state index in [0.717, 1.165) is 34.7 Å². The Bertz CT molecular complexity index is 716. The number of fused-ring (bicyclic) bond motifs is 1. The predicted molar refractivity (Wildman–Crippen MR) is 85.7 cm³/mol. The van der Waals surface area contributed by atoms with Crippen molar-refractivity contribution in [1.29, 1.82) is 0 Å². The smallest absolute Gasteiger partial charge is 0.407 e. The summed E-state index contributed by atoms with van der Waals surface area (Å²) < 4.78 is 5.89. The van der Waals surface area contributed by atoms with Gasteiger partial charge in [0, 0.05) is 43.0 Å².